The highest BCUT2D eigenvalue weighted by atomic mass is 79.9. The van der Waals surface area contributed by atoms with Crippen LogP contribution in [0, 0.1) is 0 Å². The van der Waals surface area contributed by atoms with Crippen molar-refractivity contribution in [2.24, 2.45) is 0 Å². The van der Waals surface area contributed by atoms with E-state index in [-0.39, 0.29) is 6.04 Å². The van der Waals surface area contributed by atoms with E-state index in [1.54, 1.807) is 0 Å². The van der Waals surface area contributed by atoms with Crippen LogP contribution in [0.3, 0.4) is 0 Å². The molecule has 2 nitrogen and oxygen atoms in total. The third-order valence-corrected chi connectivity index (χ3v) is 2.92. The van der Waals surface area contributed by atoms with Crippen LogP contribution in [0.4, 0.5) is 0 Å². The summed E-state index contributed by atoms with van der Waals surface area (Å²) in [4.78, 5) is 0. The molecule has 1 rings (SSSR count). The molecule has 0 aromatic heterocycles. The molecule has 0 aliphatic carbocycles. The number of nitrogens with one attached hydrogen (secondary N) is 1. The number of hydrogen-bond acceptors (Lipinski definition) is 2. The van der Waals surface area contributed by atoms with Crippen molar-refractivity contribution in [2.45, 2.75) is 26.8 Å². The normalized spacial score (nSPS) is 12.2. The largest absolute Gasteiger partial charge is 0.489 e. The molecule has 0 fully saturated rings. The van der Waals surface area contributed by atoms with Gasteiger partial charge in [-0.2, -0.15) is 0 Å². The molecule has 0 heterocycles. The molecule has 0 bridgehead atoms. The summed E-state index contributed by atoms with van der Waals surface area (Å²) in [5, 5.41) is 3.39. The van der Waals surface area contributed by atoms with E-state index in [1.807, 2.05) is 19.1 Å². The highest BCUT2D eigenvalue weighted by Gasteiger charge is 2.11. The lowest BCUT2D eigenvalue weighted by atomic mass is 10.1. The molecule has 0 aliphatic rings. The number of rotatable bonds is 6. The molecule has 94 valence electrons. The summed E-state index contributed by atoms with van der Waals surface area (Å²) in [6, 6.07) is 6.42. The van der Waals surface area contributed by atoms with Crippen LogP contribution in [0.1, 0.15) is 32.4 Å². The zero-order valence-electron chi connectivity index (χ0n) is 10.7. The summed E-state index contributed by atoms with van der Waals surface area (Å²) in [5.74, 6) is 0.913. The van der Waals surface area contributed by atoms with E-state index in [9.17, 15) is 0 Å². The van der Waals surface area contributed by atoms with Gasteiger partial charge in [-0.3, -0.25) is 0 Å². The Kier molecular flexibility index (Phi) is 5.72. The van der Waals surface area contributed by atoms with E-state index in [4.69, 9.17) is 4.74 Å². The van der Waals surface area contributed by atoms with Crippen LogP contribution in [0.25, 0.3) is 0 Å². The second-order valence-corrected chi connectivity index (χ2v) is 5.12. The number of benzene rings is 1. The standard InChI is InChI=1S/C14H20BrNO/c1-5-16-11(4)13-7-6-12(15)8-14(13)17-9-10(2)3/h6-8,11,16H,2,5,9H2,1,3-4H3. The topological polar surface area (TPSA) is 21.3 Å². The van der Waals surface area contributed by atoms with Crippen molar-refractivity contribution < 1.29 is 4.74 Å². The maximum absolute atomic E-state index is 5.78. The fourth-order valence-electron chi connectivity index (χ4n) is 1.61. The zero-order valence-corrected chi connectivity index (χ0v) is 12.3. The fraction of sp³-hybridized carbons (Fsp3) is 0.429. The van der Waals surface area contributed by atoms with Crippen LogP contribution < -0.4 is 10.1 Å². The van der Waals surface area contributed by atoms with Crippen LogP contribution in [0.15, 0.2) is 34.8 Å². The van der Waals surface area contributed by atoms with E-state index in [0.717, 1.165) is 22.3 Å². The van der Waals surface area contributed by atoms with E-state index in [0.29, 0.717) is 6.61 Å². The molecule has 0 saturated heterocycles. The summed E-state index contributed by atoms with van der Waals surface area (Å²) in [6.07, 6.45) is 0. The van der Waals surface area contributed by atoms with Gasteiger partial charge in [0.1, 0.15) is 12.4 Å². The third kappa shape index (κ3) is 4.52. The molecule has 1 unspecified atom stereocenters. The van der Waals surface area contributed by atoms with E-state index in [1.165, 1.54) is 5.56 Å². The van der Waals surface area contributed by atoms with Crippen LogP contribution in [-0.4, -0.2) is 13.2 Å². The predicted molar refractivity (Wildman–Crippen MR) is 76.5 cm³/mol. The van der Waals surface area contributed by atoms with Crippen molar-refractivity contribution in [3.05, 3.63) is 40.4 Å². The van der Waals surface area contributed by atoms with Gasteiger partial charge in [-0.1, -0.05) is 35.5 Å². The van der Waals surface area contributed by atoms with Crippen molar-refractivity contribution in [3.63, 3.8) is 0 Å². The molecule has 17 heavy (non-hydrogen) atoms. The molecule has 1 atom stereocenters. The zero-order chi connectivity index (χ0) is 12.8. The van der Waals surface area contributed by atoms with Crippen molar-refractivity contribution in [1.29, 1.82) is 0 Å². The first-order valence-electron chi connectivity index (χ1n) is 5.84. The molecular weight excluding hydrogens is 278 g/mol. The minimum atomic E-state index is 0.285. The molecule has 1 aromatic carbocycles. The maximum atomic E-state index is 5.78. The summed E-state index contributed by atoms with van der Waals surface area (Å²) >= 11 is 3.47. The lowest BCUT2D eigenvalue weighted by Crippen LogP contribution is -2.18. The Bertz CT molecular complexity index is 390. The second kappa shape index (κ2) is 6.82. The Hall–Kier alpha value is -0.800. The summed E-state index contributed by atoms with van der Waals surface area (Å²) < 4.78 is 6.81. The molecule has 3 heteroatoms. The molecule has 0 amide bonds. The average Bonchev–Trinajstić information content (AvgIpc) is 2.26. The lowest BCUT2D eigenvalue weighted by Gasteiger charge is -2.18. The number of halogens is 1. The van der Waals surface area contributed by atoms with Crippen LogP contribution >= 0.6 is 15.9 Å². The molecule has 0 spiro atoms. The fourth-order valence-corrected chi connectivity index (χ4v) is 1.95. The van der Waals surface area contributed by atoms with Crippen molar-refractivity contribution in [1.82, 2.24) is 5.32 Å². The van der Waals surface area contributed by atoms with E-state index < -0.39 is 0 Å². The highest BCUT2D eigenvalue weighted by Crippen LogP contribution is 2.28. The van der Waals surface area contributed by atoms with Gasteiger partial charge in [-0.25, -0.2) is 0 Å². The summed E-state index contributed by atoms with van der Waals surface area (Å²) in [7, 11) is 0. The third-order valence-electron chi connectivity index (χ3n) is 2.43. The monoisotopic (exact) mass is 297 g/mol. The molecule has 0 radical (unpaired) electrons. The van der Waals surface area contributed by atoms with Gasteiger partial charge in [0.15, 0.2) is 0 Å². The molecule has 0 aliphatic heterocycles. The van der Waals surface area contributed by atoms with Crippen LogP contribution in [-0.2, 0) is 0 Å². The Balaban J connectivity index is 2.90. The Morgan fingerprint density at radius 2 is 2.24 bits per heavy atom. The Labute approximate surface area is 112 Å². The molecule has 1 N–H and O–H groups in total. The molecular formula is C14H20BrNO. The lowest BCUT2D eigenvalue weighted by molar-refractivity contribution is 0.344. The van der Waals surface area contributed by atoms with Gasteiger partial charge < -0.3 is 10.1 Å². The number of ether oxygens (including phenoxy) is 1. The molecule has 1 aromatic rings. The quantitative estimate of drug-likeness (QED) is 0.799. The van der Waals surface area contributed by atoms with Crippen molar-refractivity contribution >= 4 is 15.9 Å². The number of hydrogen-bond donors (Lipinski definition) is 1. The van der Waals surface area contributed by atoms with Crippen LogP contribution in [0.2, 0.25) is 0 Å². The van der Waals surface area contributed by atoms with Gasteiger partial charge >= 0.3 is 0 Å². The van der Waals surface area contributed by atoms with Gasteiger partial charge in [0, 0.05) is 16.1 Å². The minimum absolute atomic E-state index is 0.285. The first-order chi connectivity index (χ1) is 8.04. The minimum Gasteiger partial charge on any atom is -0.489 e. The van der Waals surface area contributed by atoms with Crippen molar-refractivity contribution in [3.8, 4) is 5.75 Å². The predicted octanol–water partition coefficient (Wildman–Crippen LogP) is 4.07. The highest BCUT2D eigenvalue weighted by molar-refractivity contribution is 9.10. The summed E-state index contributed by atoms with van der Waals surface area (Å²) in [5.41, 5.74) is 2.20. The SMILES string of the molecule is C=C(C)COc1cc(Br)ccc1C(C)NCC. The van der Waals surface area contributed by atoms with Crippen molar-refractivity contribution in [2.75, 3.05) is 13.2 Å². The van der Waals surface area contributed by atoms with E-state index >= 15 is 0 Å². The van der Waals surface area contributed by atoms with E-state index in [2.05, 4.69) is 47.7 Å². The Morgan fingerprint density at radius 1 is 1.53 bits per heavy atom. The molecule has 0 saturated carbocycles. The Morgan fingerprint density at radius 3 is 2.82 bits per heavy atom. The first kappa shape index (κ1) is 14.3. The van der Waals surface area contributed by atoms with Gasteiger partial charge in [-0.05, 0) is 38.1 Å². The van der Waals surface area contributed by atoms with Gasteiger partial charge in [0.05, 0.1) is 0 Å². The first-order valence-corrected chi connectivity index (χ1v) is 6.64. The van der Waals surface area contributed by atoms with Crippen LogP contribution in [0.5, 0.6) is 5.75 Å². The smallest absolute Gasteiger partial charge is 0.125 e. The van der Waals surface area contributed by atoms with Gasteiger partial charge in [0.2, 0.25) is 0 Å². The van der Waals surface area contributed by atoms with Gasteiger partial charge in [0.25, 0.3) is 0 Å². The average molecular weight is 298 g/mol. The van der Waals surface area contributed by atoms with Gasteiger partial charge in [-0.15, -0.1) is 0 Å². The summed E-state index contributed by atoms with van der Waals surface area (Å²) in [6.45, 7) is 11.6. The maximum Gasteiger partial charge on any atom is 0.125 e. The second-order valence-electron chi connectivity index (χ2n) is 4.21.